The Labute approximate surface area is 381 Å². The summed E-state index contributed by atoms with van der Waals surface area (Å²) in [6, 6.07) is 18.1. The summed E-state index contributed by atoms with van der Waals surface area (Å²) >= 11 is 34.5. The van der Waals surface area contributed by atoms with Gasteiger partial charge in [0.15, 0.2) is 0 Å². The summed E-state index contributed by atoms with van der Waals surface area (Å²) in [6.07, 6.45) is 2.41. The van der Waals surface area contributed by atoms with Crippen LogP contribution in [0.5, 0.6) is 11.5 Å². The van der Waals surface area contributed by atoms with Gasteiger partial charge in [0.25, 0.3) is 19.1 Å². The van der Waals surface area contributed by atoms with Gasteiger partial charge < -0.3 is 15.2 Å². The van der Waals surface area contributed by atoms with Crippen LogP contribution in [-0.2, 0) is 19.1 Å². The number of hydrogen-bond acceptors (Lipinski definition) is 11. The zero-order chi connectivity index (χ0) is 45.4. The number of anilines is 2. The average molecular weight is 1020 g/mol. The highest BCUT2D eigenvalue weighted by Crippen LogP contribution is 2.32. The second kappa shape index (κ2) is 21.1. The number of nitrogen functional groups attached to an aromatic ring is 1. The number of ether oxygens (including phenoxy) is 2. The smallest absolute Gasteiger partial charge is 0.262 e. The van der Waals surface area contributed by atoms with Gasteiger partial charge in [0, 0.05) is 23.1 Å². The van der Waals surface area contributed by atoms with E-state index in [1.807, 2.05) is 0 Å². The molecule has 0 spiro atoms. The molecule has 0 aliphatic rings. The highest BCUT2D eigenvalue weighted by atomic mass is 35.7. The first-order valence-corrected chi connectivity index (χ1v) is 22.3. The van der Waals surface area contributed by atoms with Crippen molar-refractivity contribution in [3.05, 3.63) is 162 Å². The topological polar surface area (TPSA) is 185 Å². The molecule has 2 aromatic heterocycles. The van der Waals surface area contributed by atoms with E-state index in [0.29, 0.717) is 10.0 Å². The fourth-order valence-corrected chi connectivity index (χ4v) is 7.76. The summed E-state index contributed by atoms with van der Waals surface area (Å²) in [5.41, 5.74) is 4.48. The number of hydrogen-bond donors (Lipinski definition) is 2. The molecule has 0 radical (unpaired) electrons. The Morgan fingerprint density at radius 3 is 1.52 bits per heavy atom. The van der Waals surface area contributed by atoms with Crippen molar-refractivity contribution in [3.8, 4) is 11.5 Å². The van der Waals surface area contributed by atoms with Gasteiger partial charge in [-0.3, -0.25) is 14.3 Å². The van der Waals surface area contributed by atoms with Crippen LogP contribution in [0.25, 0.3) is 0 Å². The number of nitrogens with zero attached hydrogens (tertiary/aromatic N) is 2. The fourth-order valence-electron chi connectivity index (χ4n) is 4.85. The van der Waals surface area contributed by atoms with Gasteiger partial charge >= 0.3 is 0 Å². The van der Waals surface area contributed by atoms with Gasteiger partial charge in [-0.25, -0.2) is 35.6 Å². The first kappa shape index (κ1) is 49.2. The largest absolute Gasteiger partial charge is 0.496 e. The number of carbonyl (C=O) groups is 2. The number of nitrogens with one attached hydrogen (secondary N) is 1. The molecule has 6 rings (SSSR count). The molecule has 0 saturated carbocycles. The van der Waals surface area contributed by atoms with Crippen molar-refractivity contribution >= 4 is 122 Å². The van der Waals surface area contributed by atoms with Crippen LogP contribution >= 0.6 is 80.3 Å². The lowest BCUT2D eigenvalue weighted by Gasteiger charge is -2.14. The minimum atomic E-state index is -4.20. The number of halogens is 9. The number of nitrogens with two attached hydrogens (primary N) is 1. The van der Waals surface area contributed by atoms with Gasteiger partial charge in [0.05, 0.1) is 65.5 Å². The van der Waals surface area contributed by atoms with Gasteiger partial charge in [0.1, 0.15) is 45.6 Å². The van der Waals surface area contributed by atoms with E-state index < -0.39 is 47.8 Å². The number of sulfonamides is 1. The molecule has 12 nitrogen and oxygen atoms in total. The predicted octanol–water partition coefficient (Wildman–Crippen LogP) is 10.8. The van der Waals surface area contributed by atoms with E-state index in [1.54, 1.807) is 0 Å². The third-order valence-corrected chi connectivity index (χ3v) is 12.2. The van der Waals surface area contributed by atoms with E-state index in [4.69, 9.17) is 95.5 Å². The number of rotatable bonds is 10. The van der Waals surface area contributed by atoms with Crippen molar-refractivity contribution in [2.45, 2.75) is 9.79 Å². The predicted molar refractivity (Wildman–Crippen MR) is 232 cm³/mol. The number of aromatic nitrogens is 2. The van der Waals surface area contributed by atoms with Crippen LogP contribution in [0.1, 0.15) is 32.1 Å². The Morgan fingerprint density at radius 2 is 1.07 bits per heavy atom. The monoisotopic (exact) mass is 1010 g/mol. The third-order valence-electron chi connectivity index (χ3n) is 7.63. The molecule has 2 heterocycles. The first-order chi connectivity index (χ1) is 28.6. The van der Waals surface area contributed by atoms with Crippen molar-refractivity contribution in [3.63, 3.8) is 0 Å². The Morgan fingerprint density at radius 1 is 0.623 bits per heavy atom. The van der Waals surface area contributed by atoms with Crippen molar-refractivity contribution in [2.75, 3.05) is 24.7 Å². The van der Waals surface area contributed by atoms with Gasteiger partial charge in [-0.15, -0.1) is 0 Å². The summed E-state index contributed by atoms with van der Waals surface area (Å²) < 4.78 is 87.5. The molecule has 6 aromatic rings. The van der Waals surface area contributed by atoms with E-state index in [2.05, 4.69) is 14.7 Å². The molecule has 4 aromatic carbocycles. The molecule has 23 heteroatoms. The zero-order valence-electron chi connectivity index (χ0n) is 30.7. The average Bonchev–Trinajstić information content (AvgIpc) is 3.19. The summed E-state index contributed by atoms with van der Waals surface area (Å²) in [5, 5.41) is 1.01. The first-order valence-electron chi connectivity index (χ1n) is 16.3. The Kier molecular flexibility index (Phi) is 17.0. The summed E-state index contributed by atoms with van der Waals surface area (Å²) in [6.45, 7) is 0. The SMILES string of the molecule is COc1cccc(F)c1C(=O)c1ncc(Cl)cc1N.COc1cccc(F)c1C(=O)c1ncc(Cl)cc1NS(=O)(=O)c1ccc(Cl)c(Cl)c1.O=S(=O)(Cl)c1ccc(Cl)c(Cl)c1. The van der Waals surface area contributed by atoms with Crippen LogP contribution in [0.2, 0.25) is 30.1 Å². The van der Waals surface area contributed by atoms with Crippen LogP contribution in [0.3, 0.4) is 0 Å². The maximum absolute atomic E-state index is 14.3. The summed E-state index contributed by atoms with van der Waals surface area (Å²) in [5.74, 6) is -3.00. The standard InChI is InChI=1S/C19H12Cl3FN2O4S.C13H10ClFN2O2.C6H3Cl3O2S/c1-29-16-4-2-3-14(23)17(16)19(26)18-15(7-10(20)9-24-18)25-30(27,28)11-5-6-12(21)13(22)8-11;1-19-10-4-2-3-8(15)11(10)13(18)12-9(16)5-7(14)6-17-12;7-5-2-1-4(3-6(5)8)12(9,10)11/h2-9,25H,1H3;2-6H,16H2,1H3;1-3H. The zero-order valence-corrected chi connectivity index (χ0v) is 37.6. The normalized spacial score (nSPS) is 11.0. The third kappa shape index (κ3) is 12.6. The second-order valence-electron chi connectivity index (χ2n) is 11.6. The van der Waals surface area contributed by atoms with Crippen molar-refractivity contribution in [1.29, 1.82) is 0 Å². The van der Waals surface area contributed by atoms with Gasteiger partial charge in [0.2, 0.25) is 11.6 Å². The molecule has 0 atom stereocenters. The van der Waals surface area contributed by atoms with Crippen molar-refractivity contribution in [1.82, 2.24) is 9.97 Å². The Bertz CT molecular complexity index is 2880. The molecular formula is C38H25Cl7F2N4O8S2. The molecular weight excluding hydrogens is 991 g/mol. The van der Waals surface area contributed by atoms with E-state index in [1.165, 1.54) is 93.2 Å². The molecule has 3 N–H and O–H groups in total. The van der Waals surface area contributed by atoms with Gasteiger partial charge in [-0.1, -0.05) is 81.7 Å². The summed E-state index contributed by atoms with van der Waals surface area (Å²) in [4.78, 5) is 32.8. The van der Waals surface area contributed by atoms with Crippen LogP contribution in [0.15, 0.2) is 107 Å². The number of pyridine rings is 2. The quantitative estimate of drug-likeness (QED) is 0.0983. The lowest BCUT2D eigenvalue weighted by molar-refractivity contribution is 0.102. The number of benzene rings is 4. The molecule has 0 fully saturated rings. The Hall–Kier alpha value is -4.49. The van der Waals surface area contributed by atoms with Crippen LogP contribution < -0.4 is 19.9 Å². The lowest BCUT2D eigenvalue weighted by Crippen LogP contribution is -2.18. The van der Waals surface area contributed by atoms with Gasteiger partial charge in [-0.2, -0.15) is 0 Å². The molecule has 320 valence electrons. The maximum atomic E-state index is 14.3. The second-order valence-corrected chi connectivity index (χ2v) is 18.4. The number of methoxy groups -OCH3 is 2. The van der Waals surface area contributed by atoms with Crippen LogP contribution in [0.4, 0.5) is 20.2 Å². The highest BCUT2D eigenvalue weighted by Gasteiger charge is 2.27. The number of carbonyl (C=O) groups excluding carboxylic acids is 2. The minimum Gasteiger partial charge on any atom is -0.496 e. The van der Waals surface area contributed by atoms with E-state index in [-0.39, 0.29) is 69.7 Å². The molecule has 0 amide bonds. The van der Waals surface area contributed by atoms with Crippen LogP contribution in [0, 0.1) is 11.6 Å². The van der Waals surface area contributed by atoms with E-state index in [9.17, 15) is 35.2 Å². The molecule has 0 unspecified atom stereocenters. The molecule has 0 aliphatic carbocycles. The molecule has 0 aliphatic heterocycles. The van der Waals surface area contributed by atoms with E-state index >= 15 is 0 Å². The lowest BCUT2D eigenvalue weighted by atomic mass is 10.0. The van der Waals surface area contributed by atoms with Gasteiger partial charge in [-0.05, 0) is 72.8 Å². The van der Waals surface area contributed by atoms with Crippen LogP contribution in [-0.4, -0.2) is 52.6 Å². The Balaban J connectivity index is 0.000000224. The number of ketones is 2. The van der Waals surface area contributed by atoms with E-state index in [0.717, 1.165) is 18.3 Å². The minimum absolute atomic E-state index is 0.0242. The molecule has 61 heavy (non-hydrogen) atoms. The van der Waals surface area contributed by atoms with Crippen molar-refractivity contribution < 1.29 is 44.7 Å². The fraction of sp³-hybridized carbons (Fsp3) is 0.0526. The summed E-state index contributed by atoms with van der Waals surface area (Å²) in [7, 11) is -0.238. The molecule has 0 saturated heterocycles. The maximum Gasteiger partial charge on any atom is 0.262 e. The highest BCUT2D eigenvalue weighted by molar-refractivity contribution is 8.13. The molecule has 0 bridgehead atoms. The van der Waals surface area contributed by atoms with Crippen molar-refractivity contribution in [2.24, 2.45) is 0 Å².